The molecule has 0 unspecified atom stereocenters. The van der Waals surface area contributed by atoms with E-state index < -0.39 is 36.1 Å². The molecule has 134 valence electrons. The number of amides is 1. The zero-order chi connectivity index (χ0) is 18.6. The van der Waals surface area contributed by atoms with E-state index in [9.17, 15) is 27.5 Å². The zero-order valence-electron chi connectivity index (χ0n) is 12.8. The minimum atomic E-state index is -4.63. The van der Waals surface area contributed by atoms with E-state index in [-0.39, 0.29) is 16.5 Å². The molecule has 0 heterocycles. The number of carbonyl (C=O) groups excluding carboxylic acids is 1. The molecule has 2 aromatic carbocycles. The van der Waals surface area contributed by atoms with Crippen molar-refractivity contribution in [2.75, 3.05) is 6.61 Å². The van der Waals surface area contributed by atoms with Crippen molar-refractivity contribution in [3.8, 4) is 0 Å². The minimum absolute atomic E-state index is 0.144. The molecular weight excluding hydrogens is 406 g/mol. The van der Waals surface area contributed by atoms with Gasteiger partial charge in [-0.2, -0.15) is 13.2 Å². The predicted molar refractivity (Wildman–Crippen MR) is 87.2 cm³/mol. The molecule has 0 saturated heterocycles. The summed E-state index contributed by atoms with van der Waals surface area (Å²) in [6.45, 7) is -0.695. The first-order valence-electron chi connectivity index (χ1n) is 7.22. The van der Waals surface area contributed by atoms with Gasteiger partial charge in [0, 0.05) is 4.47 Å². The van der Waals surface area contributed by atoms with Crippen molar-refractivity contribution in [3.05, 3.63) is 69.4 Å². The lowest BCUT2D eigenvalue weighted by molar-refractivity contribution is -0.139. The van der Waals surface area contributed by atoms with Gasteiger partial charge in [-0.15, -0.1) is 0 Å². The van der Waals surface area contributed by atoms with Gasteiger partial charge in [0.15, 0.2) is 0 Å². The average molecular weight is 420 g/mol. The number of carbonyl (C=O) groups is 1. The number of aliphatic hydroxyl groups excluding tert-OH is 1. The summed E-state index contributed by atoms with van der Waals surface area (Å²) in [6.07, 6.45) is -4.77. The van der Waals surface area contributed by atoms with Gasteiger partial charge in [-0.25, -0.2) is 4.39 Å². The third-order valence-corrected chi connectivity index (χ3v) is 3.99. The molecule has 0 saturated carbocycles. The Balaban J connectivity index is 2.20. The molecule has 0 aromatic heterocycles. The first kappa shape index (κ1) is 19.4. The van der Waals surface area contributed by atoms with Crippen LogP contribution in [0, 0.1) is 5.82 Å². The van der Waals surface area contributed by atoms with Gasteiger partial charge in [-0.05, 0) is 35.4 Å². The van der Waals surface area contributed by atoms with Crippen molar-refractivity contribution in [2.24, 2.45) is 0 Å². The Morgan fingerprint density at radius 1 is 1.16 bits per heavy atom. The van der Waals surface area contributed by atoms with Gasteiger partial charge in [0.25, 0.3) is 0 Å². The van der Waals surface area contributed by atoms with Gasteiger partial charge in [0.2, 0.25) is 5.91 Å². The van der Waals surface area contributed by atoms with Crippen LogP contribution in [0.2, 0.25) is 0 Å². The van der Waals surface area contributed by atoms with Crippen LogP contribution in [0.1, 0.15) is 22.7 Å². The molecule has 0 aliphatic heterocycles. The molecule has 1 amide bonds. The second-order valence-corrected chi connectivity index (χ2v) is 6.25. The molecule has 0 aliphatic carbocycles. The summed E-state index contributed by atoms with van der Waals surface area (Å²) in [5.74, 6) is -1.04. The molecule has 1 atom stereocenters. The van der Waals surface area contributed by atoms with Crippen LogP contribution in [0.25, 0.3) is 0 Å². The smallest absolute Gasteiger partial charge is 0.394 e. The van der Waals surface area contributed by atoms with Gasteiger partial charge in [0.05, 0.1) is 24.6 Å². The SMILES string of the molecule is O=C(Cc1ccc(F)cc1)N[C@@H](CO)c1ccc(Br)cc1C(F)(F)F. The van der Waals surface area contributed by atoms with Gasteiger partial charge in [-0.3, -0.25) is 4.79 Å². The maximum absolute atomic E-state index is 13.2. The molecule has 8 heteroatoms. The number of benzene rings is 2. The summed E-state index contributed by atoms with van der Waals surface area (Å²) >= 11 is 2.98. The normalized spacial score (nSPS) is 12.7. The quantitative estimate of drug-likeness (QED) is 0.719. The number of hydrogen-bond acceptors (Lipinski definition) is 2. The highest BCUT2D eigenvalue weighted by Gasteiger charge is 2.35. The van der Waals surface area contributed by atoms with Crippen LogP contribution < -0.4 is 5.32 Å². The van der Waals surface area contributed by atoms with Crippen LogP contribution in [0.3, 0.4) is 0 Å². The third-order valence-electron chi connectivity index (χ3n) is 3.49. The van der Waals surface area contributed by atoms with Crippen LogP contribution in [-0.2, 0) is 17.4 Å². The fourth-order valence-electron chi connectivity index (χ4n) is 2.33. The van der Waals surface area contributed by atoms with E-state index in [0.29, 0.717) is 5.56 Å². The second kappa shape index (κ2) is 7.97. The molecule has 3 nitrogen and oxygen atoms in total. The van der Waals surface area contributed by atoms with Crippen LogP contribution in [-0.4, -0.2) is 17.6 Å². The Bertz CT molecular complexity index is 747. The number of hydrogen-bond donors (Lipinski definition) is 2. The highest BCUT2D eigenvalue weighted by Crippen LogP contribution is 2.36. The molecule has 0 spiro atoms. The highest BCUT2D eigenvalue weighted by atomic mass is 79.9. The van der Waals surface area contributed by atoms with Crippen LogP contribution in [0.5, 0.6) is 0 Å². The molecule has 2 rings (SSSR count). The molecule has 0 radical (unpaired) electrons. The van der Waals surface area contributed by atoms with E-state index in [1.807, 2.05) is 0 Å². The lowest BCUT2D eigenvalue weighted by Gasteiger charge is -2.21. The first-order chi connectivity index (χ1) is 11.7. The van der Waals surface area contributed by atoms with Crippen molar-refractivity contribution < 1.29 is 27.5 Å². The van der Waals surface area contributed by atoms with Crippen molar-refractivity contribution in [1.82, 2.24) is 5.32 Å². The zero-order valence-corrected chi connectivity index (χ0v) is 14.4. The Labute approximate surface area is 149 Å². The van der Waals surface area contributed by atoms with E-state index in [0.717, 1.165) is 6.07 Å². The predicted octanol–water partition coefficient (Wildman–Crippen LogP) is 4.00. The van der Waals surface area contributed by atoms with E-state index in [2.05, 4.69) is 21.2 Å². The van der Waals surface area contributed by atoms with Crippen LogP contribution >= 0.6 is 15.9 Å². The van der Waals surface area contributed by atoms with Crippen molar-refractivity contribution in [2.45, 2.75) is 18.6 Å². The number of aliphatic hydroxyl groups is 1. The second-order valence-electron chi connectivity index (χ2n) is 5.34. The molecule has 25 heavy (non-hydrogen) atoms. The largest absolute Gasteiger partial charge is 0.416 e. The van der Waals surface area contributed by atoms with E-state index in [1.54, 1.807) is 0 Å². The Kier molecular flexibility index (Phi) is 6.18. The van der Waals surface area contributed by atoms with Gasteiger partial charge in [-0.1, -0.05) is 34.1 Å². The summed E-state index contributed by atoms with van der Waals surface area (Å²) in [7, 11) is 0. The van der Waals surface area contributed by atoms with E-state index in [1.165, 1.54) is 36.4 Å². The molecular formula is C17H14BrF4NO2. The molecule has 0 aliphatic rings. The van der Waals surface area contributed by atoms with Crippen LogP contribution in [0.4, 0.5) is 17.6 Å². The van der Waals surface area contributed by atoms with Crippen LogP contribution in [0.15, 0.2) is 46.9 Å². The maximum atomic E-state index is 13.2. The summed E-state index contributed by atoms with van der Waals surface area (Å²) in [4.78, 5) is 12.1. The lowest BCUT2D eigenvalue weighted by atomic mass is 10.00. The topological polar surface area (TPSA) is 49.3 Å². The summed E-state index contributed by atoms with van der Waals surface area (Å²) < 4.78 is 52.7. The van der Waals surface area contributed by atoms with Crippen molar-refractivity contribution >= 4 is 21.8 Å². The molecule has 0 bridgehead atoms. The summed E-state index contributed by atoms with van der Waals surface area (Å²) in [5, 5.41) is 11.8. The Morgan fingerprint density at radius 2 is 1.80 bits per heavy atom. The monoisotopic (exact) mass is 419 g/mol. The first-order valence-corrected chi connectivity index (χ1v) is 8.01. The standard InChI is InChI=1S/C17H14BrF4NO2/c18-11-3-6-13(14(8-11)17(20,21)22)15(9-24)23-16(25)7-10-1-4-12(19)5-2-10/h1-6,8,15,24H,7,9H2,(H,23,25)/t15-/m0/s1. The third kappa shape index (κ3) is 5.27. The Hall–Kier alpha value is -1.93. The average Bonchev–Trinajstić information content (AvgIpc) is 2.54. The highest BCUT2D eigenvalue weighted by molar-refractivity contribution is 9.10. The van der Waals surface area contributed by atoms with Crippen molar-refractivity contribution in [1.29, 1.82) is 0 Å². The Morgan fingerprint density at radius 3 is 2.36 bits per heavy atom. The number of rotatable bonds is 5. The maximum Gasteiger partial charge on any atom is 0.416 e. The molecule has 2 aromatic rings. The molecule has 0 fully saturated rings. The summed E-state index contributed by atoms with van der Waals surface area (Å²) in [5.41, 5.74) is -0.670. The number of nitrogens with one attached hydrogen (secondary N) is 1. The van der Waals surface area contributed by atoms with E-state index in [4.69, 9.17) is 0 Å². The van der Waals surface area contributed by atoms with Crippen molar-refractivity contribution in [3.63, 3.8) is 0 Å². The van der Waals surface area contributed by atoms with E-state index >= 15 is 0 Å². The fraction of sp³-hybridized carbons (Fsp3) is 0.235. The lowest BCUT2D eigenvalue weighted by Crippen LogP contribution is -2.33. The summed E-state index contributed by atoms with van der Waals surface area (Å²) in [6, 6.07) is 7.46. The fourth-order valence-corrected chi connectivity index (χ4v) is 2.69. The van der Waals surface area contributed by atoms with Gasteiger partial charge >= 0.3 is 6.18 Å². The molecule has 2 N–H and O–H groups in total. The van der Waals surface area contributed by atoms with Gasteiger partial charge in [0.1, 0.15) is 5.82 Å². The number of alkyl halides is 3. The minimum Gasteiger partial charge on any atom is -0.394 e. The number of halogens is 5. The van der Waals surface area contributed by atoms with Gasteiger partial charge < -0.3 is 10.4 Å².